The van der Waals surface area contributed by atoms with Crippen LogP contribution in [0.5, 0.6) is 0 Å². The van der Waals surface area contributed by atoms with E-state index in [9.17, 15) is 4.79 Å². The van der Waals surface area contributed by atoms with Gasteiger partial charge in [0.15, 0.2) is 0 Å². The number of hydrogen-bond acceptors (Lipinski definition) is 3. The first-order chi connectivity index (χ1) is 8.07. The van der Waals surface area contributed by atoms with Crippen LogP contribution < -0.4 is 5.73 Å². The second-order valence-corrected chi connectivity index (χ2v) is 4.64. The van der Waals surface area contributed by atoms with Gasteiger partial charge in [-0.3, -0.25) is 4.79 Å². The van der Waals surface area contributed by atoms with Gasteiger partial charge in [-0.25, -0.2) is 0 Å². The molecule has 1 amide bonds. The van der Waals surface area contributed by atoms with Gasteiger partial charge < -0.3 is 15.4 Å². The van der Waals surface area contributed by atoms with Crippen LogP contribution in [0.4, 0.5) is 0 Å². The number of ether oxygens (including phenoxy) is 1. The average Bonchev–Trinajstić information content (AvgIpc) is 2.35. The number of likely N-dealkylation sites (tertiary alicyclic amines) is 1. The van der Waals surface area contributed by atoms with Crippen molar-refractivity contribution in [1.29, 1.82) is 0 Å². The number of carbonyl (C=O) groups excluding carboxylic acids is 1. The third-order valence-corrected chi connectivity index (χ3v) is 3.35. The zero-order chi connectivity index (χ0) is 12.5. The molecule has 1 fully saturated rings. The van der Waals surface area contributed by atoms with Crippen molar-refractivity contribution in [2.45, 2.75) is 18.1 Å². The zero-order valence-electron chi connectivity index (χ0n) is 10.2. The van der Waals surface area contributed by atoms with Gasteiger partial charge in [0, 0.05) is 27.1 Å². The van der Waals surface area contributed by atoms with Crippen LogP contribution in [0.2, 0.25) is 0 Å². The van der Waals surface area contributed by atoms with Crippen LogP contribution in [0.15, 0.2) is 30.3 Å². The summed E-state index contributed by atoms with van der Waals surface area (Å²) in [5.41, 5.74) is 6.94. The van der Waals surface area contributed by atoms with E-state index in [0.29, 0.717) is 13.0 Å². The first kappa shape index (κ1) is 12.1. The van der Waals surface area contributed by atoms with E-state index in [1.165, 1.54) is 0 Å². The third kappa shape index (κ3) is 2.18. The molecule has 4 heteroatoms. The second-order valence-electron chi connectivity index (χ2n) is 4.64. The molecule has 1 aliphatic heterocycles. The quantitative estimate of drug-likeness (QED) is 0.820. The number of likely N-dealkylation sites (N-methyl/N-ethyl adjacent to an activating group) is 1. The molecule has 1 heterocycles. The molecule has 2 rings (SSSR count). The molecule has 2 atom stereocenters. The average molecular weight is 234 g/mol. The van der Waals surface area contributed by atoms with Crippen molar-refractivity contribution in [1.82, 2.24) is 4.90 Å². The SMILES string of the molecule is COC1CC(N)(c2ccccc2)CN(C)C1=O. The second kappa shape index (κ2) is 4.47. The Morgan fingerprint density at radius 1 is 1.41 bits per heavy atom. The van der Waals surface area contributed by atoms with Crippen molar-refractivity contribution in [2.75, 3.05) is 20.7 Å². The van der Waals surface area contributed by atoms with Gasteiger partial charge in [-0.15, -0.1) is 0 Å². The van der Waals surface area contributed by atoms with E-state index in [0.717, 1.165) is 5.56 Å². The largest absolute Gasteiger partial charge is 0.372 e. The Kier molecular flexibility index (Phi) is 3.17. The molecule has 0 saturated carbocycles. The monoisotopic (exact) mass is 234 g/mol. The van der Waals surface area contributed by atoms with Crippen LogP contribution in [-0.4, -0.2) is 37.6 Å². The van der Waals surface area contributed by atoms with Gasteiger partial charge >= 0.3 is 0 Å². The lowest BCUT2D eigenvalue weighted by atomic mass is 9.82. The summed E-state index contributed by atoms with van der Waals surface area (Å²) in [5.74, 6) is 0.00417. The molecule has 1 aromatic rings. The van der Waals surface area contributed by atoms with E-state index in [-0.39, 0.29) is 5.91 Å². The molecule has 0 aromatic heterocycles. The predicted octanol–water partition coefficient (Wildman–Crippen LogP) is 0.718. The van der Waals surface area contributed by atoms with Crippen LogP contribution >= 0.6 is 0 Å². The number of benzene rings is 1. The minimum atomic E-state index is -0.523. The van der Waals surface area contributed by atoms with E-state index in [1.807, 2.05) is 30.3 Å². The van der Waals surface area contributed by atoms with E-state index in [2.05, 4.69) is 0 Å². The maximum absolute atomic E-state index is 11.8. The molecule has 2 unspecified atom stereocenters. The molecule has 92 valence electrons. The Morgan fingerprint density at radius 2 is 2.06 bits per heavy atom. The first-order valence-electron chi connectivity index (χ1n) is 5.69. The Morgan fingerprint density at radius 3 is 2.65 bits per heavy atom. The summed E-state index contributed by atoms with van der Waals surface area (Å²) >= 11 is 0. The summed E-state index contributed by atoms with van der Waals surface area (Å²) in [6.07, 6.45) is 0.0791. The maximum Gasteiger partial charge on any atom is 0.251 e. The van der Waals surface area contributed by atoms with Crippen molar-refractivity contribution in [2.24, 2.45) is 5.73 Å². The Labute approximate surface area is 101 Å². The van der Waals surface area contributed by atoms with Gasteiger partial charge in [0.25, 0.3) is 5.91 Å². The van der Waals surface area contributed by atoms with Gasteiger partial charge in [0.1, 0.15) is 6.10 Å². The van der Waals surface area contributed by atoms with Crippen LogP contribution in [0.3, 0.4) is 0 Å². The van der Waals surface area contributed by atoms with Crippen molar-refractivity contribution >= 4 is 5.91 Å². The minimum Gasteiger partial charge on any atom is -0.372 e. The van der Waals surface area contributed by atoms with Gasteiger partial charge in [-0.1, -0.05) is 30.3 Å². The number of hydrogen-bond donors (Lipinski definition) is 1. The number of amides is 1. The minimum absolute atomic E-state index is 0.00417. The molecule has 2 N–H and O–H groups in total. The Hall–Kier alpha value is -1.39. The topological polar surface area (TPSA) is 55.6 Å². The first-order valence-corrected chi connectivity index (χ1v) is 5.69. The lowest BCUT2D eigenvalue weighted by molar-refractivity contribution is -0.147. The molecular formula is C13H18N2O2. The number of rotatable bonds is 2. The number of nitrogens with two attached hydrogens (primary N) is 1. The van der Waals surface area contributed by atoms with Crippen molar-refractivity contribution in [3.8, 4) is 0 Å². The van der Waals surface area contributed by atoms with Gasteiger partial charge in [-0.2, -0.15) is 0 Å². The molecule has 0 spiro atoms. The lowest BCUT2D eigenvalue weighted by Crippen LogP contribution is -2.58. The van der Waals surface area contributed by atoms with Crippen LogP contribution in [0, 0.1) is 0 Å². The van der Waals surface area contributed by atoms with E-state index in [4.69, 9.17) is 10.5 Å². The molecule has 1 aliphatic rings. The maximum atomic E-state index is 11.8. The summed E-state index contributed by atoms with van der Waals surface area (Å²) in [4.78, 5) is 13.5. The smallest absolute Gasteiger partial charge is 0.251 e. The van der Waals surface area contributed by atoms with Crippen LogP contribution in [-0.2, 0) is 15.1 Å². The highest BCUT2D eigenvalue weighted by Crippen LogP contribution is 2.30. The van der Waals surface area contributed by atoms with Crippen molar-refractivity contribution in [3.05, 3.63) is 35.9 Å². The van der Waals surface area contributed by atoms with E-state index < -0.39 is 11.6 Å². The van der Waals surface area contributed by atoms with Gasteiger partial charge in [0.2, 0.25) is 0 Å². The van der Waals surface area contributed by atoms with E-state index >= 15 is 0 Å². The van der Waals surface area contributed by atoms with Crippen LogP contribution in [0.25, 0.3) is 0 Å². The summed E-state index contributed by atoms with van der Waals surface area (Å²) in [5, 5.41) is 0. The highest BCUT2D eigenvalue weighted by Gasteiger charge is 2.41. The normalized spacial score (nSPS) is 29.5. The lowest BCUT2D eigenvalue weighted by Gasteiger charge is -2.41. The summed E-state index contributed by atoms with van der Waals surface area (Å²) in [6.45, 7) is 0.524. The molecule has 1 saturated heterocycles. The molecular weight excluding hydrogens is 216 g/mol. The summed E-state index contributed by atoms with van der Waals surface area (Å²) < 4.78 is 5.22. The molecule has 0 radical (unpaired) electrons. The standard InChI is InChI=1S/C13H18N2O2/c1-15-9-13(14,8-11(17-2)12(15)16)10-6-4-3-5-7-10/h3-7,11H,8-9,14H2,1-2H3. The van der Waals surface area contributed by atoms with E-state index in [1.54, 1.807) is 19.1 Å². The third-order valence-electron chi connectivity index (χ3n) is 3.35. The molecule has 1 aromatic carbocycles. The summed E-state index contributed by atoms with van der Waals surface area (Å²) in [7, 11) is 3.31. The number of nitrogens with zero attached hydrogens (tertiary/aromatic N) is 1. The number of carbonyl (C=O) groups is 1. The summed E-state index contributed by atoms with van der Waals surface area (Å²) in [6, 6.07) is 9.87. The van der Waals surface area contributed by atoms with Gasteiger partial charge in [-0.05, 0) is 5.56 Å². The van der Waals surface area contributed by atoms with Crippen molar-refractivity contribution < 1.29 is 9.53 Å². The fraction of sp³-hybridized carbons (Fsp3) is 0.462. The van der Waals surface area contributed by atoms with Gasteiger partial charge in [0.05, 0.1) is 5.54 Å². The fourth-order valence-corrected chi connectivity index (χ4v) is 2.39. The Bertz CT molecular complexity index is 407. The molecule has 0 aliphatic carbocycles. The highest BCUT2D eigenvalue weighted by molar-refractivity contribution is 5.82. The van der Waals surface area contributed by atoms with Crippen molar-refractivity contribution in [3.63, 3.8) is 0 Å². The number of methoxy groups -OCH3 is 1. The predicted molar refractivity (Wildman–Crippen MR) is 65.4 cm³/mol. The zero-order valence-corrected chi connectivity index (χ0v) is 10.2. The highest BCUT2D eigenvalue weighted by atomic mass is 16.5. The molecule has 4 nitrogen and oxygen atoms in total. The fourth-order valence-electron chi connectivity index (χ4n) is 2.39. The van der Waals surface area contributed by atoms with Crippen LogP contribution in [0.1, 0.15) is 12.0 Å². The molecule has 0 bridgehead atoms. The number of piperidine rings is 1. The Balaban J connectivity index is 2.30. The molecule has 17 heavy (non-hydrogen) atoms.